The summed E-state index contributed by atoms with van der Waals surface area (Å²) in [6.07, 6.45) is 1.69. The molecule has 128 valence electrons. The van der Waals surface area contributed by atoms with Gasteiger partial charge in [-0.1, -0.05) is 12.1 Å². The van der Waals surface area contributed by atoms with Crippen molar-refractivity contribution >= 4 is 6.03 Å². The van der Waals surface area contributed by atoms with E-state index in [1.807, 2.05) is 19.0 Å². The minimum atomic E-state index is -0.262. The summed E-state index contributed by atoms with van der Waals surface area (Å²) in [7, 11) is 3.87. The summed E-state index contributed by atoms with van der Waals surface area (Å²) in [5.41, 5.74) is 0.968. The number of amides is 2. The fraction of sp³-hybridized carbons (Fsp3) is 0.588. The molecule has 1 atom stereocenters. The van der Waals surface area contributed by atoms with Gasteiger partial charge in [0.25, 0.3) is 0 Å². The second kappa shape index (κ2) is 8.26. The molecule has 2 amide bonds. The van der Waals surface area contributed by atoms with Gasteiger partial charge in [-0.2, -0.15) is 0 Å². The molecule has 0 bridgehead atoms. The SMILES string of the molecule is CN(C)C(CNC(=O)N1CCC(CO)CC1)c1ccc(F)cc1. The standard InChI is InChI=1S/C17H26FN3O2/c1-20(2)16(14-3-5-15(18)6-4-14)11-19-17(23)21-9-7-13(12-22)8-10-21/h3-6,13,16,22H,7-12H2,1-2H3,(H,19,23). The molecule has 0 saturated carbocycles. The third-order valence-corrected chi connectivity index (χ3v) is 4.48. The van der Waals surface area contributed by atoms with Gasteiger partial charge in [0, 0.05) is 26.2 Å². The minimum absolute atomic E-state index is 0.00506. The van der Waals surface area contributed by atoms with Crippen LogP contribution in [0.5, 0.6) is 0 Å². The van der Waals surface area contributed by atoms with E-state index in [0.29, 0.717) is 25.6 Å². The maximum absolute atomic E-state index is 13.1. The average Bonchev–Trinajstić information content (AvgIpc) is 2.56. The Morgan fingerprint density at radius 3 is 2.48 bits per heavy atom. The van der Waals surface area contributed by atoms with Crippen molar-refractivity contribution in [2.24, 2.45) is 5.92 Å². The number of halogens is 1. The molecule has 1 saturated heterocycles. The lowest BCUT2D eigenvalue weighted by Crippen LogP contribution is -2.46. The number of carbonyl (C=O) groups is 1. The van der Waals surface area contributed by atoms with Gasteiger partial charge < -0.3 is 20.2 Å². The summed E-state index contributed by atoms with van der Waals surface area (Å²) in [6.45, 7) is 2.03. The molecule has 1 heterocycles. The number of likely N-dealkylation sites (tertiary alicyclic amines) is 1. The molecule has 5 nitrogen and oxygen atoms in total. The molecule has 0 spiro atoms. The minimum Gasteiger partial charge on any atom is -0.396 e. The Bertz CT molecular complexity index is 499. The molecule has 6 heteroatoms. The normalized spacial score (nSPS) is 17.3. The van der Waals surface area contributed by atoms with Crippen molar-refractivity contribution in [2.75, 3.05) is 40.3 Å². The molecular weight excluding hydrogens is 297 g/mol. The van der Waals surface area contributed by atoms with E-state index < -0.39 is 0 Å². The lowest BCUT2D eigenvalue weighted by molar-refractivity contribution is 0.136. The zero-order valence-electron chi connectivity index (χ0n) is 13.8. The zero-order valence-corrected chi connectivity index (χ0v) is 13.8. The Morgan fingerprint density at radius 1 is 1.35 bits per heavy atom. The van der Waals surface area contributed by atoms with Crippen LogP contribution in [-0.4, -0.2) is 61.3 Å². The molecule has 2 N–H and O–H groups in total. The van der Waals surface area contributed by atoms with Crippen LogP contribution >= 0.6 is 0 Å². The molecule has 1 unspecified atom stereocenters. The molecule has 1 aliphatic rings. The summed E-state index contributed by atoms with van der Waals surface area (Å²) in [5.74, 6) is 0.0508. The molecule has 23 heavy (non-hydrogen) atoms. The predicted octanol–water partition coefficient (Wildman–Crippen LogP) is 1.84. The van der Waals surface area contributed by atoms with Crippen LogP contribution in [0.2, 0.25) is 0 Å². The molecule has 1 aliphatic heterocycles. The van der Waals surface area contributed by atoms with E-state index in [0.717, 1.165) is 18.4 Å². The highest BCUT2D eigenvalue weighted by molar-refractivity contribution is 5.74. The van der Waals surface area contributed by atoms with Crippen LogP contribution in [0.4, 0.5) is 9.18 Å². The van der Waals surface area contributed by atoms with Crippen molar-refractivity contribution < 1.29 is 14.3 Å². The molecule has 1 aromatic carbocycles. The molecule has 1 fully saturated rings. The second-order valence-corrected chi connectivity index (χ2v) is 6.33. The van der Waals surface area contributed by atoms with Crippen molar-refractivity contribution in [1.29, 1.82) is 0 Å². The third kappa shape index (κ3) is 4.91. The van der Waals surface area contributed by atoms with E-state index in [1.165, 1.54) is 12.1 Å². The van der Waals surface area contributed by atoms with Crippen molar-refractivity contribution in [3.63, 3.8) is 0 Å². The van der Waals surface area contributed by atoms with E-state index in [9.17, 15) is 9.18 Å². The van der Waals surface area contributed by atoms with Crippen LogP contribution in [0.1, 0.15) is 24.4 Å². The Balaban J connectivity index is 1.89. The highest BCUT2D eigenvalue weighted by Gasteiger charge is 2.23. The van der Waals surface area contributed by atoms with E-state index in [1.54, 1.807) is 17.0 Å². The number of benzene rings is 1. The van der Waals surface area contributed by atoms with Gasteiger partial charge in [0.2, 0.25) is 0 Å². The fourth-order valence-electron chi connectivity index (χ4n) is 2.90. The van der Waals surface area contributed by atoms with E-state index in [4.69, 9.17) is 5.11 Å². The molecular formula is C17H26FN3O2. The van der Waals surface area contributed by atoms with Crippen LogP contribution in [0.25, 0.3) is 0 Å². The van der Waals surface area contributed by atoms with E-state index in [2.05, 4.69) is 5.32 Å². The Labute approximate surface area is 137 Å². The van der Waals surface area contributed by atoms with Crippen molar-refractivity contribution in [3.05, 3.63) is 35.6 Å². The van der Waals surface area contributed by atoms with Crippen molar-refractivity contribution in [2.45, 2.75) is 18.9 Å². The quantitative estimate of drug-likeness (QED) is 0.869. The van der Waals surface area contributed by atoms with Gasteiger partial charge in [0.15, 0.2) is 0 Å². The zero-order chi connectivity index (χ0) is 16.8. The molecule has 0 radical (unpaired) electrons. The number of nitrogens with zero attached hydrogens (tertiary/aromatic N) is 2. The largest absolute Gasteiger partial charge is 0.396 e. The number of aliphatic hydroxyl groups is 1. The topological polar surface area (TPSA) is 55.8 Å². The summed E-state index contributed by atoms with van der Waals surface area (Å²) in [5, 5.41) is 12.1. The number of aliphatic hydroxyl groups excluding tert-OH is 1. The number of urea groups is 1. The number of rotatable bonds is 5. The predicted molar refractivity (Wildman–Crippen MR) is 87.6 cm³/mol. The Morgan fingerprint density at radius 2 is 1.96 bits per heavy atom. The van der Waals surface area contributed by atoms with Gasteiger partial charge in [-0.15, -0.1) is 0 Å². The molecule has 1 aromatic rings. The van der Waals surface area contributed by atoms with Gasteiger partial charge in [0.1, 0.15) is 5.82 Å². The Kier molecular flexibility index (Phi) is 6.36. The lowest BCUT2D eigenvalue weighted by Gasteiger charge is -2.32. The highest BCUT2D eigenvalue weighted by atomic mass is 19.1. The van der Waals surface area contributed by atoms with Crippen LogP contribution in [-0.2, 0) is 0 Å². The molecule has 0 aliphatic carbocycles. The monoisotopic (exact) mass is 323 g/mol. The maximum Gasteiger partial charge on any atom is 0.317 e. The fourth-order valence-corrected chi connectivity index (χ4v) is 2.90. The summed E-state index contributed by atoms with van der Waals surface area (Å²) < 4.78 is 13.1. The molecule has 2 rings (SSSR count). The van der Waals surface area contributed by atoms with Gasteiger partial charge in [-0.25, -0.2) is 9.18 Å². The first-order valence-corrected chi connectivity index (χ1v) is 8.06. The van der Waals surface area contributed by atoms with Gasteiger partial charge in [-0.05, 0) is 50.6 Å². The van der Waals surface area contributed by atoms with Gasteiger partial charge >= 0.3 is 6.03 Å². The number of nitrogens with one attached hydrogen (secondary N) is 1. The smallest absolute Gasteiger partial charge is 0.317 e. The van der Waals surface area contributed by atoms with Crippen LogP contribution in [0.15, 0.2) is 24.3 Å². The van der Waals surface area contributed by atoms with Crippen LogP contribution in [0.3, 0.4) is 0 Å². The number of piperidine rings is 1. The maximum atomic E-state index is 13.1. The van der Waals surface area contributed by atoms with E-state index >= 15 is 0 Å². The first kappa shape index (κ1) is 17.7. The first-order valence-electron chi connectivity index (χ1n) is 8.06. The summed E-state index contributed by atoms with van der Waals surface area (Å²) >= 11 is 0. The Hall–Kier alpha value is -1.66. The van der Waals surface area contributed by atoms with Crippen molar-refractivity contribution in [1.82, 2.24) is 15.1 Å². The average molecular weight is 323 g/mol. The number of carbonyl (C=O) groups excluding carboxylic acids is 1. The van der Waals surface area contributed by atoms with Crippen LogP contribution in [0, 0.1) is 11.7 Å². The van der Waals surface area contributed by atoms with Gasteiger partial charge in [0.05, 0.1) is 6.04 Å². The number of hydrogen-bond acceptors (Lipinski definition) is 3. The number of likely N-dealkylation sites (N-methyl/N-ethyl adjacent to an activating group) is 1. The van der Waals surface area contributed by atoms with Gasteiger partial charge in [-0.3, -0.25) is 0 Å². The third-order valence-electron chi connectivity index (χ3n) is 4.48. The highest BCUT2D eigenvalue weighted by Crippen LogP contribution is 2.19. The molecule has 0 aromatic heterocycles. The lowest BCUT2D eigenvalue weighted by atomic mass is 9.98. The van der Waals surface area contributed by atoms with E-state index in [-0.39, 0.29) is 24.5 Å². The number of hydrogen-bond donors (Lipinski definition) is 2. The second-order valence-electron chi connectivity index (χ2n) is 6.33. The van der Waals surface area contributed by atoms with Crippen LogP contribution < -0.4 is 5.32 Å². The summed E-state index contributed by atoms with van der Waals surface area (Å²) in [4.78, 5) is 16.1. The summed E-state index contributed by atoms with van der Waals surface area (Å²) in [6, 6.07) is 6.29. The first-order chi connectivity index (χ1) is 11.0. The van der Waals surface area contributed by atoms with Crippen molar-refractivity contribution in [3.8, 4) is 0 Å².